The molecule has 3 N–H and O–H groups in total. The van der Waals surface area contributed by atoms with Gasteiger partial charge >= 0.3 is 6.18 Å². The first-order chi connectivity index (χ1) is 17.1. The lowest BCUT2D eigenvalue weighted by atomic mass is 10.0. The van der Waals surface area contributed by atoms with E-state index in [1.165, 1.54) is 29.0 Å². The van der Waals surface area contributed by atoms with Gasteiger partial charge in [0.15, 0.2) is 10.8 Å². The van der Waals surface area contributed by atoms with Crippen molar-refractivity contribution in [1.29, 1.82) is 0 Å². The Bertz CT molecular complexity index is 1580. The maximum absolute atomic E-state index is 14.1. The third-order valence-corrected chi connectivity index (χ3v) is 6.56. The third-order valence-electron chi connectivity index (χ3n) is 6.31. The number of hydrogen-bond donors (Lipinski definition) is 3. The van der Waals surface area contributed by atoms with Crippen molar-refractivity contribution in [1.82, 2.24) is 35.0 Å². The van der Waals surface area contributed by atoms with Gasteiger partial charge in [-0.05, 0) is 42.0 Å². The summed E-state index contributed by atoms with van der Waals surface area (Å²) in [5.74, 6) is -1.68. The predicted octanol–water partition coefficient (Wildman–Crippen LogP) is 3.04. The van der Waals surface area contributed by atoms with E-state index in [0.717, 1.165) is 11.1 Å². The van der Waals surface area contributed by atoms with Crippen LogP contribution in [0.4, 0.5) is 17.6 Å². The molecule has 1 fully saturated rings. The van der Waals surface area contributed by atoms with Gasteiger partial charge in [0.2, 0.25) is 12.3 Å². The molecule has 9 nitrogen and oxygen atoms in total. The molecule has 0 spiro atoms. The van der Waals surface area contributed by atoms with Crippen LogP contribution in [0, 0.1) is 5.95 Å². The number of hydrogen-bond acceptors (Lipinski definition) is 6. The Kier molecular flexibility index (Phi) is 4.99. The minimum Gasteiger partial charge on any atom is -0.356 e. The van der Waals surface area contributed by atoms with Gasteiger partial charge in [0.05, 0.1) is 28.4 Å². The average Bonchev–Trinajstić information content (AvgIpc) is 3.44. The van der Waals surface area contributed by atoms with Crippen molar-refractivity contribution in [2.75, 3.05) is 0 Å². The molecule has 2 aliphatic rings. The van der Waals surface area contributed by atoms with Crippen LogP contribution < -0.4 is 10.6 Å². The van der Waals surface area contributed by atoms with Gasteiger partial charge in [-0.15, -0.1) is 5.10 Å². The molecule has 0 radical (unpaired) electrons. The second kappa shape index (κ2) is 7.90. The van der Waals surface area contributed by atoms with Crippen molar-refractivity contribution >= 4 is 39.6 Å². The molecule has 14 heteroatoms. The topological polar surface area (TPSA) is 109 Å². The van der Waals surface area contributed by atoms with Crippen molar-refractivity contribution < 1.29 is 27.5 Å². The molecule has 0 saturated heterocycles. The highest BCUT2D eigenvalue weighted by Crippen LogP contribution is 2.56. The van der Waals surface area contributed by atoms with Gasteiger partial charge in [-0.2, -0.15) is 22.7 Å². The summed E-state index contributed by atoms with van der Waals surface area (Å²) in [6, 6.07) is 6.35. The number of fused-ring (bicyclic) bond motifs is 2. The molecule has 3 atom stereocenters. The van der Waals surface area contributed by atoms with Crippen molar-refractivity contribution in [3.8, 4) is 0 Å². The molecule has 3 aromatic heterocycles. The lowest BCUT2D eigenvalue weighted by Crippen LogP contribution is -2.47. The summed E-state index contributed by atoms with van der Waals surface area (Å²) >= 11 is 6.26. The van der Waals surface area contributed by atoms with Crippen LogP contribution in [-0.2, 0) is 11.3 Å². The number of aromatic nitrogens is 5. The van der Waals surface area contributed by atoms with E-state index in [9.17, 15) is 27.5 Å². The molecule has 1 aliphatic carbocycles. The second-order valence-corrected chi connectivity index (χ2v) is 9.08. The second-order valence-electron chi connectivity index (χ2n) is 8.69. The van der Waals surface area contributed by atoms with Crippen LogP contribution >= 0.6 is 11.6 Å². The van der Waals surface area contributed by atoms with E-state index >= 15 is 0 Å². The molecule has 1 amide bonds. The number of nitrogens with one attached hydrogen (secondary N) is 2. The standard InChI is InChI=1S/C22H16ClF4N7O2/c23-17-7-28-19-13(5-15(31-34(17)19)14-6-29-21(36)30-20(14)35)12-4-11(12)9-1-2-10-16(3-9)33(32-18(10)24)8-22(25,26)27/h1-3,5-7,11-12,21,29,36H,4,8H2,(H,30,35)/t11-,12+,21?/m1/s1. The molecule has 1 saturated carbocycles. The zero-order valence-electron chi connectivity index (χ0n) is 18.1. The van der Waals surface area contributed by atoms with Crippen LogP contribution in [0.15, 0.2) is 36.7 Å². The molecule has 186 valence electrons. The molecular formula is C22H16ClF4N7O2. The molecule has 1 aromatic carbocycles. The first-order valence-corrected chi connectivity index (χ1v) is 11.2. The Labute approximate surface area is 204 Å². The van der Waals surface area contributed by atoms with Crippen LogP contribution in [0.2, 0.25) is 5.15 Å². The largest absolute Gasteiger partial charge is 0.408 e. The third kappa shape index (κ3) is 3.84. The first kappa shape index (κ1) is 22.7. The van der Waals surface area contributed by atoms with E-state index in [-0.39, 0.29) is 33.5 Å². The smallest absolute Gasteiger partial charge is 0.356 e. The molecule has 4 heterocycles. The predicted molar refractivity (Wildman–Crippen MR) is 119 cm³/mol. The van der Waals surface area contributed by atoms with Gasteiger partial charge in [-0.25, -0.2) is 9.50 Å². The van der Waals surface area contributed by atoms with E-state index in [1.807, 2.05) is 0 Å². The lowest BCUT2D eigenvalue weighted by Gasteiger charge is -2.20. The Morgan fingerprint density at radius 3 is 2.75 bits per heavy atom. The summed E-state index contributed by atoms with van der Waals surface area (Å²) in [6.45, 7) is -1.40. The van der Waals surface area contributed by atoms with E-state index in [2.05, 4.69) is 25.8 Å². The Balaban J connectivity index is 1.39. The number of halogens is 5. The van der Waals surface area contributed by atoms with Crippen molar-refractivity contribution in [3.63, 3.8) is 0 Å². The molecule has 6 rings (SSSR count). The quantitative estimate of drug-likeness (QED) is 0.356. The zero-order chi connectivity index (χ0) is 25.4. The van der Waals surface area contributed by atoms with Crippen molar-refractivity contribution in [2.24, 2.45) is 0 Å². The normalized spacial score (nSPS) is 22.0. The first-order valence-electron chi connectivity index (χ1n) is 10.8. The Hall–Kier alpha value is -3.71. The number of imidazole rings is 1. The van der Waals surface area contributed by atoms with Crippen LogP contribution in [0.25, 0.3) is 22.1 Å². The van der Waals surface area contributed by atoms with E-state index < -0.39 is 30.9 Å². The summed E-state index contributed by atoms with van der Waals surface area (Å²) in [7, 11) is 0. The molecular weight excluding hydrogens is 506 g/mol. The van der Waals surface area contributed by atoms with Gasteiger partial charge in [0.1, 0.15) is 6.54 Å². The number of benzene rings is 1. The fourth-order valence-electron chi connectivity index (χ4n) is 4.61. The van der Waals surface area contributed by atoms with Gasteiger partial charge in [0.25, 0.3) is 5.91 Å². The number of aliphatic hydroxyl groups is 1. The highest BCUT2D eigenvalue weighted by molar-refractivity contribution is 6.29. The van der Waals surface area contributed by atoms with E-state index in [4.69, 9.17) is 11.6 Å². The number of alkyl halides is 3. The summed E-state index contributed by atoms with van der Waals surface area (Å²) in [6.07, 6.45) is -2.35. The highest BCUT2D eigenvalue weighted by Gasteiger charge is 2.42. The van der Waals surface area contributed by atoms with E-state index in [0.29, 0.717) is 22.4 Å². The number of carbonyl (C=O) groups excluding carboxylic acids is 1. The summed E-state index contributed by atoms with van der Waals surface area (Å²) < 4.78 is 55.1. The monoisotopic (exact) mass is 521 g/mol. The van der Waals surface area contributed by atoms with Crippen molar-refractivity contribution in [2.45, 2.75) is 37.3 Å². The maximum Gasteiger partial charge on any atom is 0.408 e. The minimum absolute atomic E-state index is 0.0127. The number of nitrogens with zero attached hydrogens (tertiary/aromatic N) is 5. The lowest BCUT2D eigenvalue weighted by molar-refractivity contribution is -0.142. The van der Waals surface area contributed by atoms with Gasteiger partial charge in [0, 0.05) is 11.8 Å². The summed E-state index contributed by atoms with van der Waals surface area (Å²) in [5.41, 5.74) is 2.48. The molecule has 1 aliphatic heterocycles. The molecule has 36 heavy (non-hydrogen) atoms. The van der Waals surface area contributed by atoms with Gasteiger partial charge < -0.3 is 15.7 Å². The minimum atomic E-state index is -4.55. The number of carbonyl (C=O) groups is 1. The maximum atomic E-state index is 14.1. The fourth-order valence-corrected chi connectivity index (χ4v) is 4.78. The Morgan fingerprint density at radius 2 is 2.00 bits per heavy atom. The molecule has 4 aromatic rings. The highest BCUT2D eigenvalue weighted by atomic mass is 35.5. The summed E-state index contributed by atoms with van der Waals surface area (Å²) in [5, 5.41) is 22.6. The zero-order valence-corrected chi connectivity index (χ0v) is 18.8. The fraction of sp³-hybridized carbons (Fsp3) is 0.273. The summed E-state index contributed by atoms with van der Waals surface area (Å²) in [4.78, 5) is 16.7. The van der Waals surface area contributed by atoms with Gasteiger partial charge in [-0.3, -0.25) is 9.48 Å². The van der Waals surface area contributed by atoms with Crippen LogP contribution in [0.1, 0.15) is 35.1 Å². The SMILES string of the molecule is O=C1NC(O)NC=C1c1cc([C@H]2C[C@@H]2c2ccc3c(F)nn(CC(F)(F)F)c3c2)c2ncc(Cl)n2n1. The molecule has 1 unspecified atom stereocenters. The molecule has 0 bridgehead atoms. The van der Waals surface area contributed by atoms with E-state index in [1.54, 1.807) is 12.1 Å². The van der Waals surface area contributed by atoms with Crippen LogP contribution in [0.5, 0.6) is 0 Å². The Morgan fingerprint density at radius 1 is 1.19 bits per heavy atom. The number of amides is 1. The average molecular weight is 522 g/mol. The number of aliphatic hydroxyl groups excluding tert-OH is 1. The van der Waals surface area contributed by atoms with Crippen molar-refractivity contribution in [3.05, 3.63) is 64.6 Å². The number of rotatable bonds is 4. The van der Waals surface area contributed by atoms with Crippen LogP contribution in [0.3, 0.4) is 0 Å². The van der Waals surface area contributed by atoms with Crippen LogP contribution in [-0.4, -0.2) is 47.9 Å². The van der Waals surface area contributed by atoms with Gasteiger partial charge in [-0.1, -0.05) is 17.7 Å².